The minimum absolute atomic E-state index is 0.00311. The molecule has 2 aromatic rings. The zero-order chi connectivity index (χ0) is 19.0. The molecule has 2 rings (SSSR count). The predicted molar refractivity (Wildman–Crippen MR) is 96.5 cm³/mol. The molecular weight excluding hydrogens is 358 g/mol. The highest BCUT2D eigenvalue weighted by atomic mass is 32.2. The van der Waals surface area contributed by atoms with Crippen LogP contribution in [-0.2, 0) is 21.3 Å². The highest BCUT2D eigenvalue weighted by Crippen LogP contribution is 2.28. The van der Waals surface area contributed by atoms with Crippen molar-refractivity contribution in [2.75, 3.05) is 18.5 Å². The fraction of sp³-hybridized carbons (Fsp3) is 0.294. The van der Waals surface area contributed by atoms with Gasteiger partial charge in [-0.3, -0.25) is 10.3 Å². The van der Waals surface area contributed by atoms with Gasteiger partial charge < -0.3 is 9.47 Å². The van der Waals surface area contributed by atoms with Gasteiger partial charge in [0.25, 0.3) is 0 Å². The lowest BCUT2D eigenvalue weighted by Gasteiger charge is -2.14. The van der Waals surface area contributed by atoms with Gasteiger partial charge in [0.2, 0.25) is 10.0 Å². The molecule has 0 aliphatic rings. The molecule has 1 amide bonds. The molecule has 0 unspecified atom stereocenters. The number of nitrogens with one attached hydrogen (secondary N) is 2. The first-order valence-electron chi connectivity index (χ1n) is 8.05. The third-order valence-corrected chi connectivity index (χ3v) is 4.66. The van der Waals surface area contributed by atoms with Crippen molar-refractivity contribution in [3.05, 3.63) is 48.3 Å². The summed E-state index contributed by atoms with van der Waals surface area (Å²) >= 11 is 0. The maximum Gasteiger partial charge on any atom is 0.411 e. The Hall–Kier alpha value is -2.65. The number of pyridine rings is 1. The Morgan fingerprint density at radius 1 is 1.19 bits per heavy atom. The van der Waals surface area contributed by atoms with Gasteiger partial charge in [-0.15, -0.1) is 0 Å². The summed E-state index contributed by atoms with van der Waals surface area (Å²) in [6, 6.07) is 7.72. The number of amides is 1. The molecule has 0 aliphatic heterocycles. The Morgan fingerprint density at radius 2 is 2.00 bits per heavy atom. The molecule has 0 saturated carbocycles. The number of rotatable bonds is 8. The Balaban J connectivity index is 2.22. The van der Waals surface area contributed by atoms with Crippen LogP contribution in [0.4, 0.5) is 10.5 Å². The molecule has 2 N–H and O–H groups in total. The number of nitrogens with zero attached hydrogens (tertiary/aromatic N) is 1. The molecule has 0 fully saturated rings. The van der Waals surface area contributed by atoms with Crippen molar-refractivity contribution in [2.45, 2.75) is 25.3 Å². The van der Waals surface area contributed by atoms with Crippen LogP contribution in [0.5, 0.6) is 5.75 Å². The number of hydrogen-bond acceptors (Lipinski definition) is 6. The third kappa shape index (κ3) is 5.43. The van der Waals surface area contributed by atoms with Crippen LogP contribution in [0.2, 0.25) is 0 Å². The maximum absolute atomic E-state index is 12.5. The van der Waals surface area contributed by atoms with Gasteiger partial charge in [-0.1, -0.05) is 6.07 Å². The second kappa shape index (κ2) is 9.16. The summed E-state index contributed by atoms with van der Waals surface area (Å²) < 4.78 is 37.8. The Labute approximate surface area is 152 Å². The van der Waals surface area contributed by atoms with E-state index in [0.717, 1.165) is 5.56 Å². The number of sulfonamides is 1. The molecule has 1 aromatic carbocycles. The highest BCUT2D eigenvalue weighted by Gasteiger charge is 2.18. The molecular formula is C17H21N3O5S. The zero-order valence-corrected chi connectivity index (χ0v) is 15.4. The van der Waals surface area contributed by atoms with Crippen molar-refractivity contribution in [3.8, 4) is 5.75 Å². The van der Waals surface area contributed by atoms with E-state index in [2.05, 4.69) is 15.0 Å². The van der Waals surface area contributed by atoms with Gasteiger partial charge in [0.15, 0.2) is 0 Å². The fourth-order valence-corrected chi connectivity index (χ4v) is 3.14. The van der Waals surface area contributed by atoms with Crippen LogP contribution in [-0.4, -0.2) is 32.7 Å². The summed E-state index contributed by atoms with van der Waals surface area (Å²) in [5, 5.41) is 2.49. The first kappa shape index (κ1) is 19.7. The zero-order valence-electron chi connectivity index (χ0n) is 14.6. The summed E-state index contributed by atoms with van der Waals surface area (Å²) in [6.07, 6.45) is 2.50. The monoisotopic (exact) mass is 379 g/mol. The Kier molecular flexibility index (Phi) is 6.93. The molecule has 0 aliphatic carbocycles. The van der Waals surface area contributed by atoms with Gasteiger partial charge in [-0.2, -0.15) is 0 Å². The van der Waals surface area contributed by atoms with Crippen LogP contribution in [0.1, 0.15) is 19.4 Å². The molecule has 0 saturated heterocycles. The molecule has 1 aromatic heterocycles. The van der Waals surface area contributed by atoms with E-state index < -0.39 is 16.1 Å². The molecule has 9 heteroatoms. The standard InChI is InChI=1S/C17H21N3O5S/c1-3-24-16-8-7-14(10-15(16)20-17(21)25-4-2)26(22,23)19-12-13-6-5-9-18-11-13/h5-11,19H,3-4,12H2,1-2H3,(H,20,21). The molecule has 8 nitrogen and oxygen atoms in total. The summed E-state index contributed by atoms with van der Waals surface area (Å²) in [5.41, 5.74) is 0.946. The lowest BCUT2D eigenvalue weighted by Crippen LogP contribution is -2.23. The molecule has 0 spiro atoms. The average Bonchev–Trinajstić information content (AvgIpc) is 2.63. The van der Waals surface area contributed by atoms with E-state index >= 15 is 0 Å². The number of ether oxygens (including phenoxy) is 2. The average molecular weight is 379 g/mol. The molecule has 140 valence electrons. The topological polar surface area (TPSA) is 107 Å². The molecule has 1 heterocycles. The van der Waals surface area contributed by atoms with E-state index in [-0.39, 0.29) is 23.7 Å². The summed E-state index contributed by atoms with van der Waals surface area (Å²) in [5.74, 6) is 0.353. The first-order valence-corrected chi connectivity index (χ1v) is 9.53. The van der Waals surface area contributed by atoms with E-state index in [1.165, 1.54) is 18.2 Å². The number of hydrogen-bond donors (Lipinski definition) is 2. The van der Waals surface area contributed by atoms with Gasteiger partial charge in [-0.25, -0.2) is 17.9 Å². The van der Waals surface area contributed by atoms with Crippen molar-refractivity contribution in [1.82, 2.24) is 9.71 Å². The van der Waals surface area contributed by atoms with E-state index in [0.29, 0.717) is 12.4 Å². The summed E-state index contributed by atoms with van der Waals surface area (Å²) in [4.78, 5) is 15.6. The van der Waals surface area contributed by atoms with Crippen molar-refractivity contribution >= 4 is 21.8 Å². The number of carbonyl (C=O) groups is 1. The van der Waals surface area contributed by atoms with Gasteiger partial charge in [0.05, 0.1) is 23.8 Å². The lowest BCUT2D eigenvalue weighted by molar-refractivity contribution is 0.167. The molecule has 26 heavy (non-hydrogen) atoms. The maximum atomic E-state index is 12.5. The Bertz CT molecular complexity index is 841. The largest absolute Gasteiger partial charge is 0.492 e. The van der Waals surface area contributed by atoms with E-state index in [4.69, 9.17) is 9.47 Å². The number of benzene rings is 1. The van der Waals surface area contributed by atoms with Crippen LogP contribution in [0, 0.1) is 0 Å². The van der Waals surface area contributed by atoms with E-state index in [9.17, 15) is 13.2 Å². The predicted octanol–water partition coefficient (Wildman–Crippen LogP) is 2.53. The van der Waals surface area contributed by atoms with Crippen LogP contribution in [0.25, 0.3) is 0 Å². The second-order valence-corrected chi connectivity index (χ2v) is 6.89. The number of anilines is 1. The summed E-state index contributed by atoms with van der Waals surface area (Å²) in [6.45, 7) is 4.12. The third-order valence-electron chi connectivity index (χ3n) is 3.26. The van der Waals surface area contributed by atoms with Gasteiger partial charge in [0.1, 0.15) is 5.75 Å². The lowest BCUT2D eigenvalue weighted by atomic mass is 10.3. The first-order chi connectivity index (χ1) is 12.5. The quantitative estimate of drug-likeness (QED) is 0.730. The van der Waals surface area contributed by atoms with Crippen molar-refractivity contribution in [2.24, 2.45) is 0 Å². The second-order valence-electron chi connectivity index (χ2n) is 5.12. The highest BCUT2D eigenvalue weighted by molar-refractivity contribution is 7.89. The van der Waals surface area contributed by atoms with Crippen LogP contribution in [0.3, 0.4) is 0 Å². The minimum atomic E-state index is -3.79. The van der Waals surface area contributed by atoms with Crippen LogP contribution >= 0.6 is 0 Å². The van der Waals surface area contributed by atoms with Gasteiger partial charge in [-0.05, 0) is 43.7 Å². The van der Waals surface area contributed by atoms with Crippen LogP contribution in [0.15, 0.2) is 47.6 Å². The summed E-state index contributed by atoms with van der Waals surface area (Å²) in [7, 11) is -3.79. The number of aromatic nitrogens is 1. The SMILES string of the molecule is CCOC(=O)Nc1cc(S(=O)(=O)NCc2cccnc2)ccc1OCC. The van der Waals surface area contributed by atoms with Crippen molar-refractivity contribution < 1.29 is 22.7 Å². The smallest absolute Gasteiger partial charge is 0.411 e. The van der Waals surface area contributed by atoms with E-state index in [1.54, 1.807) is 38.4 Å². The number of carbonyl (C=O) groups excluding carboxylic acids is 1. The normalized spacial score (nSPS) is 11.0. The van der Waals surface area contributed by atoms with Crippen molar-refractivity contribution in [1.29, 1.82) is 0 Å². The van der Waals surface area contributed by atoms with E-state index in [1.807, 2.05) is 0 Å². The van der Waals surface area contributed by atoms with Gasteiger partial charge in [0, 0.05) is 18.9 Å². The minimum Gasteiger partial charge on any atom is -0.492 e. The Morgan fingerprint density at radius 3 is 2.65 bits per heavy atom. The molecule has 0 atom stereocenters. The van der Waals surface area contributed by atoms with Crippen LogP contribution < -0.4 is 14.8 Å². The molecule has 0 radical (unpaired) electrons. The molecule has 0 bridgehead atoms. The van der Waals surface area contributed by atoms with Crippen molar-refractivity contribution in [3.63, 3.8) is 0 Å². The van der Waals surface area contributed by atoms with Gasteiger partial charge >= 0.3 is 6.09 Å². The fourth-order valence-electron chi connectivity index (χ4n) is 2.10.